The maximum atomic E-state index is 13.2. The predicted octanol–water partition coefficient (Wildman–Crippen LogP) is 4.60. The van der Waals surface area contributed by atoms with Gasteiger partial charge in [0, 0.05) is 11.4 Å². The molecule has 0 aliphatic carbocycles. The second kappa shape index (κ2) is 7.51. The lowest BCUT2D eigenvalue weighted by atomic mass is 10.0. The molecule has 7 nitrogen and oxygen atoms in total. The van der Waals surface area contributed by atoms with E-state index in [1.54, 1.807) is 25.3 Å². The molecule has 1 heterocycles. The third-order valence-corrected chi connectivity index (χ3v) is 4.47. The number of nitrogens with zero attached hydrogens (tertiary/aromatic N) is 1. The second-order valence-corrected chi connectivity index (χ2v) is 6.34. The number of H-pyrrole nitrogens is 1. The molecule has 0 atom stereocenters. The van der Waals surface area contributed by atoms with Crippen molar-refractivity contribution in [2.45, 2.75) is 0 Å². The summed E-state index contributed by atoms with van der Waals surface area (Å²) in [4.78, 5) is 12.1. The van der Waals surface area contributed by atoms with Crippen LogP contribution < -0.4 is 21.1 Å². The second-order valence-electron chi connectivity index (χ2n) is 6.34. The van der Waals surface area contributed by atoms with E-state index in [9.17, 15) is 9.18 Å². The number of rotatable bonds is 4. The summed E-state index contributed by atoms with van der Waals surface area (Å²) in [5.74, 6) is 0.613. The lowest BCUT2D eigenvalue weighted by molar-refractivity contribution is 0.262. The van der Waals surface area contributed by atoms with Gasteiger partial charge in [0.2, 0.25) is 0 Å². The van der Waals surface area contributed by atoms with Crippen molar-refractivity contribution in [1.82, 2.24) is 10.2 Å². The summed E-state index contributed by atoms with van der Waals surface area (Å²) in [6.45, 7) is 0. The average molecular weight is 391 g/mol. The summed E-state index contributed by atoms with van der Waals surface area (Å²) in [6.07, 6.45) is 0. The fourth-order valence-corrected chi connectivity index (χ4v) is 3.14. The number of nitrogen functional groups attached to an aromatic ring is 1. The van der Waals surface area contributed by atoms with Gasteiger partial charge >= 0.3 is 6.03 Å². The number of hydrogen-bond acceptors (Lipinski definition) is 4. The summed E-state index contributed by atoms with van der Waals surface area (Å²) in [5, 5.41) is 13.0. The van der Waals surface area contributed by atoms with Gasteiger partial charge in [0.15, 0.2) is 5.82 Å². The van der Waals surface area contributed by atoms with Crippen LogP contribution in [0.15, 0.2) is 60.7 Å². The average Bonchev–Trinajstić information content (AvgIpc) is 3.10. The van der Waals surface area contributed by atoms with E-state index in [4.69, 9.17) is 10.5 Å². The number of ether oxygens (including phenoxy) is 1. The molecule has 3 aromatic carbocycles. The lowest BCUT2D eigenvalue weighted by Gasteiger charge is -2.10. The molecule has 29 heavy (non-hydrogen) atoms. The zero-order valence-electron chi connectivity index (χ0n) is 15.5. The highest BCUT2D eigenvalue weighted by atomic mass is 19.1. The summed E-state index contributed by atoms with van der Waals surface area (Å²) in [5.41, 5.74) is 9.51. The van der Waals surface area contributed by atoms with E-state index in [-0.39, 0.29) is 0 Å². The number of nitrogens with two attached hydrogens (primary N) is 1. The molecule has 0 fully saturated rings. The molecular weight excluding hydrogens is 373 g/mol. The Bertz CT molecular complexity index is 1190. The quantitative estimate of drug-likeness (QED) is 0.408. The lowest BCUT2D eigenvalue weighted by Crippen LogP contribution is -2.19. The van der Waals surface area contributed by atoms with E-state index in [1.165, 1.54) is 18.2 Å². The van der Waals surface area contributed by atoms with E-state index in [0.717, 1.165) is 22.0 Å². The first-order valence-corrected chi connectivity index (χ1v) is 8.79. The minimum absolute atomic E-state index is 0.371. The molecule has 0 aliphatic heterocycles. The molecule has 0 saturated heterocycles. The van der Waals surface area contributed by atoms with Crippen molar-refractivity contribution in [3.8, 4) is 16.9 Å². The Balaban J connectivity index is 1.55. The number of halogens is 1. The highest BCUT2D eigenvalue weighted by Crippen LogP contribution is 2.36. The molecule has 0 radical (unpaired) electrons. The van der Waals surface area contributed by atoms with E-state index in [2.05, 4.69) is 20.8 Å². The molecule has 0 saturated carbocycles. The van der Waals surface area contributed by atoms with Crippen molar-refractivity contribution < 1.29 is 13.9 Å². The smallest absolute Gasteiger partial charge is 0.323 e. The largest absolute Gasteiger partial charge is 0.494 e. The van der Waals surface area contributed by atoms with Crippen LogP contribution in [-0.4, -0.2) is 23.3 Å². The van der Waals surface area contributed by atoms with Gasteiger partial charge in [-0.05, 0) is 53.6 Å². The van der Waals surface area contributed by atoms with E-state index in [0.29, 0.717) is 22.9 Å². The molecule has 4 rings (SSSR count). The van der Waals surface area contributed by atoms with Gasteiger partial charge in [-0.3, -0.25) is 5.10 Å². The van der Waals surface area contributed by atoms with Crippen LogP contribution in [0.1, 0.15) is 0 Å². The minimum Gasteiger partial charge on any atom is -0.494 e. The highest BCUT2D eigenvalue weighted by molar-refractivity contribution is 6.04. The maximum Gasteiger partial charge on any atom is 0.323 e. The van der Waals surface area contributed by atoms with Gasteiger partial charge in [-0.1, -0.05) is 18.2 Å². The Morgan fingerprint density at radius 3 is 2.55 bits per heavy atom. The van der Waals surface area contributed by atoms with Crippen LogP contribution in [0.4, 0.5) is 26.4 Å². The SMILES string of the molecule is COc1ccc(-c2ccc(NC(=O)Nc3cccc(F)c3)cc2)c2c(N)n[nH]c12. The Morgan fingerprint density at radius 2 is 1.83 bits per heavy atom. The van der Waals surface area contributed by atoms with Crippen LogP contribution >= 0.6 is 0 Å². The van der Waals surface area contributed by atoms with Crippen molar-refractivity contribution in [2.24, 2.45) is 0 Å². The van der Waals surface area contributed by atoms with Crippen LogP contribution in [-0.2, 0) is 0 Å². The van der Waals surface area contributed by atoms with Crippen LogP contribution in [0.5, 0.6) is 5.75 Å². The van der Waals surface area contributed by atoms with Crippen LogP contribution in [0, 0.1) is 5.82 Å². The van der Waals surface area contributed by atoms with Crippen molar-refractivity contribution in [1.29, 1.82) is 0 Å². The van der Waals surface area contributed by atoms with Gasteiger partial charge in [-0.15, -0.1) is 0 Å². The number of aromatic amines is 1. The summed E-state index contributed by atoms with van der Waals surface area (Å²) >= 11 is 0. The highest BCUT2D eigenvalue weighted by Gasteiger charge is 2.14. The molecule has 146 valence electrons. The van der Waals surface area contributed by atoms with Gasteiger partial charge in [0.1, 0.15) is 17.1 Å². The summed E-state index contributed by atoms with van der Waals surface area (Å²) in [7, 11) is 1.58. The summed E-state index contributed by atoms with van der Waals surface area (Å²) < 4.78 is 18.6. The molecule has 0 unspecified atom stereocenters. The number of amides is 2. The number of anilines is 3. The molecule has 0 bridgehead atoms. The maximum absolute atomic E-state index is 13.2. The fraction of sp³-hybridized carbons (Fsp3) is 0.0476. The molecule has 2 amide bonds. The molecule has 0 spiro atoms. The molecule has 5 N–H and O–H groups in total. The molecule has 8 heteroatoms. The van der Waals surface area contributed by atoms with Gasteiger partial charge in [-0.2, -0.15) is 5.10 Å². The van der Waals surface area contributed by atoms with Gasteiger partial charge < -0.3 is 21.1 Å². The number of carbonyl (C=O) groups is 1. The minimum atomic E-state index is -0.464. The number of methoxy groups -OCH3 is 1. The number of aromatic nitrogens is 2. The number of nitrogens with one attached hydrogen (secondary N) is 3. The Labute approximate surface area is 165 Å². The van der Waals surface area contributed by atoms with Crippen molar-refractivity contribution in [3.05, 3.63) is 66.5 Å². The Morgan fingerprint density at radius 1 is 1.07 bits per heavy atom. The topological polar surface area (TPSA) is 105 Å². The van der Waals surface area contributed by atoms with E-state index in [1.807, 2.05) is 24.3 Å². The predicted molar refractivity (Wildman–Crippen MR) is 112 cm³/mol. The number of hydrogen-bond donors (Lipinski definition) is 4. The van der Waals surface area contributed by atoms with Gasteiger partial charge in [0.05, 0.1) is 12.5 Å². The zero-order valence-corrected chi connectivity index (χ0v) is 15.5. The molecule has 1 aromatic heterocycles. The standard InChI is InChI=1S/C21H18FN5O2/c1-29-17-10-9-16(18-19(17)26-27-20(18)23)12-5-7-14(8-6-12)24-21(28)25-15-4-2-3-13(22)11-15/h2-11H,1H3,(H3,23,26,27)(H2,24,25,28). The van der Waals surface area contributed by atoms with Crippen LogP contribution in [0.3, 0.4) is 0 Å². The first kappa shape index (κ1) is 18.3. The number of carbonyl (C=O) groups excluding carboxylic acids is 1. The Kier molecular flexibility index (Phi) is 4.74. The van der Waals surface area contributed by atoms with Crippen molar-refractivity contribution in [2.75, 3.05) is 23.5 Å². The number of fused-ring (bicyclic) bond motifs is 1. The third kappa shape index (κ3) is 3.68. The van der Waals surface area contributed by atoms with E-state index >= 15 is 0 Å². The first-order valence-electron chi connectivity index (χ1n) is 8.79. The fourth-order valence-electron chi connectivity index (χ4n) is 3.14. The third-order valence-electron chi connectivity index (χ3n) is 4.47. The van der Waals surface area contributed by atoms with Crippen LogP contribution in [0.2, 0.25) is 0 Å². The molecular formula is C21H18FN5O2. The van der Waals surface area contributed by atoms with Gasteiger partial charge in [0.25, 0.3) is 0 Å². The van der Waals surface area contributed by atoms with E-state index < -0.39 is 11.8 Å². The monoisotopic (exact) mass is 391 g/mol. The number of benzene rings is 3. The normalized spacial score (nSPS) is 10.7. The van der Waals surface area contributed by atoms with Gasteiger partial charge in [-0.25, -0.2) is 9.18 Å². The zero-order chi connectivity index (χ0) is 20.4. The van der Waals surface area contributed by atoms with Crippen molar-refractivity contribution >= 4 is 34.1 Å². The van der Waals surface area contributed by atoms with Crippen molar-refractivity contribution in [3.63, 3.8) is 0 Å². The molecule has 4 aromatic rings. The first-order chi connectivity index (χ1) is 14.0. The molecule has 0 aliphatic rings. The van der Waals surface area contributed by atoms with Crippen LogP contribution in [0.25, 0.3) is 22.0 Å². The number of urea groups is 1. The Hall–Kier alpha value is -4.07. The summed E-state index contributed by atoms with van der Waals surface area (Å²) in [6, 6.07) is 16.2.